The molecule has 0 saturated carbocycles. The number of nitrogens with zero attached hydrogens (tertiary/aromatic N) is 3. The van der Waals surface area contributed by atoms with E-state index in [-0.39, 0.29) is 11.9 Å². The number of aliphatic carboxylic acids is 2. The van der Waals surface area contributed by atoms with Gasteiger partial charge < -0.3 is 31.3 Å². The van der Waals surface area contributed by atoms with Crippen LogP contribution in [0.1, 0.15) is 31.7 Å². The number of hydrogen-bond donors (Lipinski definition) is 4. The summed E-state index contributed by atoms with van der Waals surface area (Å²) in [5.41, 5.74) is 11.8. The predicted molar refractivity (Wildman–Crippen MR) is 98.4 cm³/mol. The fraction of sp³-hybridized carbons (Fsp3) is 0.471. The summed E-state index contributed by atoms with van der Waals surface area (Å²) in [5, 5.41) is 16.0. The molecule has 2 aliphatic rings. The summed E-state index contributed by atoms with van der Waals surface area (Å²) in [4.78, 5) is 41.3. The third-order valence-corrected chi connectivity index (χ3v) is 4.41. The molecule has 11 heteroatoms. The van der Waals surface area contributed by atoms with E-state index in [9.17, 15) is 9.59 Å². The topological polar surface area (TPSA) is 182 Å². The summed E-state index contributed by atoms with van der Waals surface area (Å²) in [6.07, 6.45) is 4.61. The van der Waals surface area contributed by atoms with Crippen molar-refractivity contribution in [2.75, 3.05) is 24.6 Å². The molecule has 1 fully saturated rings. The third kappa shape index (κ3) is 5.32. The Hall–Kier alpha value is -3.37. The highest BCUT2D eigenvalue weighted by molar-refractivity contribution is 5.93. The number of carbonyl (C=O) groups excluding carboxylic acids is 1. The number of amides is 1. The van der Waals surface area contributed by atoms with Crippen LogP contribution in [0.2, 0.25) is 0 Å². The number of anilines is 2. The number of fused-ring (bicyclic) bond motifs is 1. The molecule has 3 rings (SSSR count). The molecule has 0 radical (unpaired) electrons. The highest BCUT2D eigenvalue weighted by atomic mass is 16.5. The Bertz CT molecular complexity index is 807. The second kappa shape index (κ2) is 8.55. The number of nitrogens with two attached hydrogens (primary N) is 2. The van der Waals surface area contributed by atoms with Gasteiger partial charge in [0.2, 0.25) is 17.7 Å². The minimum absolute atomic E-state index is 0.0764. The molecule has 1 unspecified atom stereocenters. The second-order valence-electron chi connectivity index (χ2n) is 6.58. The Balaban J connectivity index is 0.000000640. The molecule has 3 heterocycles. The summed E-state index contributed by atoms with van der Waals surface area (Å²) in [6, 6.07) is 0. The van der Waals surface area contributed by atoms with Gasteiger partial charge in [-0.2, -0.15) is 9.97 Å². The van der Waals surface area contributed by atoms with E-state index in [4.69, 9.17) is 31.2 Å². The van der Waals surface area contributed by atoms with Crippen molar-refractivity contribution in [1.29, 1.82) is 0 Å². The van der Waals surface area contributed by atoms with Crippen molar-refractivity contribution in [1.82, 2.24) is 14.9 Å². The van der Waals surface area contributed by atoms with Crippen LogP contribution < -0.4 is 16.2 Å². The van der Waals surface area contributed by atoms with Crippen molar-refractivity contribution in [3.63, 3.8) is 0 Å². The Morgan fingerprint density at radius 2 is 1.82 bits per heavy atom. The van der Waals surface area contributed by atoms with E-state index in [0.717, 1.165) is 37.5 Å². The van der Waals surface area contributed by atoms with E-state index in [1.54, 1.807) is 4.90 Å². The van der Waals surface area contributed by atoms with E-state index in [1.807, 2.05) is 0 Å². The minimum atomic E-state index is -1.14. The first kappa shape index (κ1) is 20.9. The number of carbonyl (C=O) groups is 3. The summed E-state index contributed by atoms with van der Waals surface area (Å²) >= 11 is 0. The van der Waals surface area contributed by atoms with Crippen LogP contribution in [-0.4, -0.2) is 61.6 Å². The van der Waals surface area contributed by atoms with Crippen molar-refractivity contribution in [2.24, 2.45) is 0 Å². The second-order valence-corrected chi connectivity index (χ2v) is 6.58. The van der Waals surface area contributed by atoms with Gasteiger partial charge in [-0.05, 0) is 12.8 Å². The average Bonchev–Trinajstić information content (AvgIpc) is 2.80. The monoisotopic (exact) mass is 393 g/mol. The normalized spacial score (nSPS) is 20.7. The molecule has 0 aromatic carbocycles. The summed E-state index contributed by atoms with van der Waals surface area (Å²) < 4.78 is 6.04. The lowest BCUT2D eigenvalue weighted by atomic mass is 9.90. The molecule has 1 aromatic heterocycles. The van der Waals surface area contributed by atoms with Crippen LogP contribution in [0.5, 0.6) is 5.88 Å². The van der Waals surface area contributed by atoms with Gasteiger partial charge in [-0.3, -0.25) is 9.59 Å². The van der Waals surface area contributed by atoms with Crippen LogP contribution in [-0.2, 0) is 20.8 Å². The zero-order valence-electron chi connectivity index (χ0n) is 15.4. The maximum atomic E-state index is 12.1. The van der Waals surface area contributed by atoms with Crippen molar-refractivity contribution in [3.8, 4) is 5.88 Å². The van der Waals surface area contributed by atoms with Crippen molar-refractivity contribution in [2.45, 2.75) is 38.2 Å². The average molecular weight is 393 g/mol. The highest BCUT2D eigenvalue weighted by Crippen LogP contribution is 2.42. The minimum Gasteiger partial charge on any atom is -0.481 e. The molecular formula is C17H23N5O6. The number of ether oxygens (including phenoxy) is 1. The number of carboxylic acids is 2. The Labute approximate surface area is 161 Å². The van der Waals surface area contributed by atoms with Gasteiger partial charge in [0.15, 0.2) is 0 Å². The number of carboxylic acid groups (broad SMARTS) is 2. The summed E-state index contributed by atoms with van der Waals surface area (Å²) in [6.45, 7) is 2.10. The van der Waals surface area contributed by atoms with E-state index < -0.39 is 17.5 Å². The number of rotatable bonds is 2. The smallest absolute Gasteiger partial charge is 0.328 e. The molecule has 1 saturated heterocycles. The van der Waals surface area contributed by atoms with Crippen LogP contribution in [0.4, 0.5) is 11.8 Å². The molecule has 0 bridgehead atoms. The highest BCUT2D eigenvalue weighted by Gasteiger charge is 2.43. The lowest BCUT2D eigenvalue weighted by Gasteiger charge is -2.26. The van der Waals surface area contributed by atoms with Crippen LogP contribution in [0, 0.1) is 0 Å². The molecule has 1 atom stereocenters. The van der Waals surface area contributed by atoms with E-state index >= 15 is 0 Å². The molecule has 152 valence electrons. The standard InChI is InChI=1S/C15H19N5O4.C2H4O2/c16-12-9-8-15(24-13(9)19-14(17)18-12)4-1-6-20(7-5-15)10(21)2-3-11(22)23;1-2(3)4/h2-3H,1,4-8H2,(H,22,23)(H4,16,17,18,19);1H3,(H,3,4)/b3-2+;. The van der Waals surface area contributed by atoms with Crippen molar-refractivity contribution in [3.05, 3.63) is 17.7 Å². The van der Waals surface area contributed by atoms with Crippen LogP contribution >= 0.6 is 0 Å². The van der Waals surface area contributed by atoms with Crippen molar-refractivity contribution < 1.29 is 29.3 Å². The zero-order valence-corrected chi connectivity index (χ0v) is 15.4. The Morgan fingerprint density at radius 3 is 2.46 bits per heavy atom. The molecule has 0 aliphatic carbocycles. The molecule has 6 N–H and O–H groups in total. The fourth-order valence-electron chi connectivity index (χ4n) is 3.23. The first-order chi connectivity index (χ1) is 13.1. The van der Waals surface area contributed by atoms with Crippen LogP contribution in [0.15, 0.2) is 12.2 Å². The quantitative estimate of drug-likeness (QED) is 0.501. The van der Waals surface area contributed by atoms with Gasteiger partial charge in [0.05, 0.1) is 5.56 Å². The first-order valence-corrected chi connectivity index (χ1v) is 8.62. The fourth-order valence-corrected chi connectivity index (χ4v) is 3.23. The molecule has 28 heavy (non-hydrogen) atoms. The van der Waals surface area contributed by atoms with E-state index in [2.05, 4.69) is 9.97 Å². The lowest BCUT2D eigenvalue weighted by Crippen LogP contribution is -2.37. The van der Waals surface area contributed by atoms with Gasteiger partial charge in [0, 0.05) is 45.0 Å². The zero-order chi connectivity index (χ0) is 20.9. The Kier molecular flexibility index (Phi) is 6.39. The molecule has 1 aromatic rings. The Morgan fingerprint density at radius 1 is 1.14 bits per heavy atom. The van der Waals surface area contributed by atoms with Gasteiger partial charge in [-0.15, -0.1) is 0 Å². The number of hydrogen-bond acceptors (Lipinski definition) is 8. The number of likely N-dealkylation sites (tertiary alicyclic amines) is 1. The van der Waals surface area contributed by atoms with E-state index in [0.29, 0.717) is 37.6 Å². The predicted octanol–water partition coefficient (Wildman–Crippen LogP) is 0.0589. The van der Waals surface area contributed by atoms with Gasteiger partial charge in [0.1, 0.15) is 11.4 Å². The number of aromatic nitrogens is 2. The summed E-state index contributed by atoms with van der Waals surface area (Å²) in [5.74, 6) is -1.46. The maximum absolute atomic E-state index is 12.1. The van der Waals surface area contributed by atoms with E-state index in [1.165, 1.54) is 0 Å². The van der Waals surface area contributed by atoms with Crippen LogP contribution in [0.25, 0.3) is 0 Å². The SMILES string of the molecule is CC(=O)O.Nc1nc(N)c2c(n1)OC1(CCCN(C(=O)/C=C/C(=O)O)CC1)C2. The largest absolute Gasteiger partial charge is 0.481 e. The molecule has 1 spiro atoms. The molecule has 2 aliphatic heterocycles. The first-order valence-electron chi connectivity index (χ1n) is 8.62. The lowest BCUT2D eigenvalue weighted by molar-refractivity contribution is -0.134. The molecule has 11 nitrogen and oxygen atoms in total. The van der Waals surface area contributed by atoms with Crippen LogP contribution in [0.3, 0.4) is 0 Å². The van der Waals surface area contributed by atoms with Gasteiger partial charge in [-0.1, -0.05) is 0 Å². The van der Waals surface area contributed by atoms with Gasteiger partial charge in [0.25, 0.3) is 5.97 Å². The molecular weight excluding hydrogens is 370 g/mol. The number of nitrogen functional groups attached to an aromatic ring is 2. The third-order valence-electron chi connectivity index (χ3n) is 4.41. The summed E-state index contributed by atoms with van der Waals surface area (Å²) in [7, 11) is 0. The van der Waals surface area contributed by atoms with Crippen molar-refractivity contribution >= 4 is 29.6 Å². The maximum Gasteiger partial charge on any atom is 0.328 e. The van der Waals surface area contributed by atoms with Gasteiger partial charge in [-0.25, -0.2) is 4.79 Å². The molecule has 1 amide bonds. The van der Waals surface area contributed by atoms with Gasteiger partial charge >= 0.3 is 5.97 Å².